The molecule has 0 aliphatic carbocycles. The average molecular weight is 334 g/mol. The van der Waals surface area contributed by atoms with Gasteiger partial charge in [0.05, 0.1) is 10.7 Å². The largest absolute Gasteiger partial charge is 0.437 e. The van der Waals surface area contributed by atoms with Gasteiger partial charge in [-0.05, 0) is 35.8 Å². The van der Waals surface area contributed by atoms with Crippen molar-refractivity contribution in [3.63, 3.8) is 0 Å². The number of aromatic nitrogens is 2. The van der Waals surface area contributed by atoms with E-state index in [0.717, 1.165) is 22.3 Å². The molecule has 20 heavy (non-hydrogen) atoms. The lowest BCUT2D eigenvalue weighted by Gasteiger charge is -2.10. The summed E-state index contributed by atoms with van der Waals surface area (Å²) in [5, 5.41) is 3.06. The Bertz CT molecular complexity index is 614. The van der Waals surface area contributed by atoms with Crippen molar-refractivity contribution in [1.29, 1.82) is 0 Å². The summed E-state index contributed by atoms with van der Waals surface area (Å²) in [4.78, 5) is 8.51. The van der Waals surface area contributed by atoms with E-state index in [2.05, 4.69) is 31.2 Å². The van der Waals surface area contributed by atoms with E-state index in [4.69, 9.17) is 4.74 Å². The monoisotopic (exact) mass is 333 g/mol. The molecular formula is C15H16BrN3O. The van der Waals surface area contributed by atoms with Crippen LogP contribution in [0.4, 0.5) is 5.95 Å². The maximum absolute atomic E-state index is 5.89. The highest BCUT2D eigenvalue weighted by atomic mass is 79.9. The molecule has 0 amide bonds. The summed E-state index contributed by atoms with van der Waals surface area (Å²) in [6.07, 6.45) is 5.65. The normalized spacial score (nSPS) is 10.8. The molecule has 0 bridgehead atoms. The first-order chi connectivity index (χ1) is 9.74. The number of para-hydroxylation sites is 1. The molecule has 0 saturated heterocycles. The lowest BCUT2D eigenvalue weighted by Crippen LogP contribution is -2.03. The van der Waals surface area contributed by atoms with Gasteiger partial charge >= 0.3 is 0 Å². The van der Waals surface area contributed by atoms with Crippen molar-refractivity contribution in [2.75, 3.05) is 11.9 Å². The number of nitrogens with one attached hydrogen (secondary N) is 1. The van der Waals surface area contributed by atoms with Gasteiger partial charge in [-0.1, -0.05) is 30.4 Å². The summed E-state index contributed by atoms with van der Waals surface area (Å²) in [5.74, 6) is 1.80. The second-order valence-corrected chi connectivity index (χ2v) is 4.87. The van der Waals surface area contributed by atoms with Gasteiger partial charge in [0.25, 0.3) is 0 Å². The van der Waals surface area contributed by atoms with E-state index in [-0.39, 0.29) is 0 Å². The molecule has 0 radical (unpaired) electrons. The molecule has 1 aromatic heterocycles. The third-order valence-corrected chi connectivity index (χ3v) is 3.06. The van der Waals surface area contributed by atoms with Gasteiger partial charge in [0, 0.05) is 12.1 Å². The van der Waals surface area contributed by atoms with Gasteiger partial charge in [0.15, 0.2) is 0 Å². The Hall–Kier alpha value is -1.88. The fourth-order valence-corrected chi connectivity index (χ4v) is 1.93. The minimum atomic E-state index is 0.493. The molecule has 104 valence electrons. The maximum atomic E-state index is 5.89. The molecule has 4 nitrogen and oxygen atoms in total. The van der Waals surface area contributed by atoms with Gasteiger partial charge in [-0.25, -0.2) is 4.98 Å². The summed E-state index contributed by atoms with van der Waals surface area (Å²) in [5.41, 5.74) is 1.01. The van der Waals surface area contributed by atoms with Gasteiger partial charge in [-0.3, -0.25) is 0 Å². The summed E-state index contributed by atoms with van der Waals surface area (Å²) >= 11 is 3.41. The van der Waals surface area contributed by atoms with E-state index in [9.17, 15) is 0 Å². The summed E-state index contributed by atoms with van der Waals surface area (Å²) < 4.78 is 6.61. The topological polar surface area (TPSA) is 47.0 Å². The van der Waals surface area contributed by atoms with Crippen molar-refractivity contribution in [2.24, 2.45) is 0 Å². The van der Waals surface area contributed by atoms with Crippen molar-refractivity contribution >= 4 is 28.0 Å². The van der Waals surface area contributed by atoms with Gasteiger partial charge in [-0.2, -0.15) is 4.98 Å². The first kappa shape index (κ1) is 14.5. The van der Waals surface area contributed by atoms with E-state index in [1.54, 1.807) is 6.20 Å². The quantitative estimate of drug-likeness (QED) is 0.875. The van der Waals surface area contributed by atoms with Gasteiger partial charge in [0.2, 0.25) is 11.8 Å². The van der Waals surface area contributed by atoms with Gasteiger partial charge in [-0.15, -0.1) is 0 Å². The van der Waals surface area contributed by atoms with Crippen LogP contribution in [0.15, 0.2) is 41.0 Å². The Morgan fingerprint density at radius 1 is 1.35 bits per heavy atom. The minimum absolute atomic E-state index is 0.493. The fraction of sp³-hybridized carbons (Fsp3) is 0.200. The molecule has 5 heteroatoms. The first-order valence-electron chi connectivity index (χ1n) is 6.40. The van der Waals surface area contributed by atoms with Crippen LogP contribution < -0.4 is 10.1 Å². The number of halogens is 1. The fourth-order valence-electron chi connectivity index (χ4n) is 1.66. The summed E-state index contributed by atoms with van der Waals surface area (Å²) in [6, 6.07) is 7.82. The number of hydrogen-bond donors (Lipinski definition) is 1. The molecule has 2 rings (SSSR count). The Kier molecular flexibility index (Phi) is 5.12. The predicted octanol–water partition coefficient (Wildman–Crippen LogP) is 4.50. The lowest BCUT2D eigenvalue weighted by molar-refractivity contribution is 0.458. The van der Waals surface area contributed by atoms with Crippen LogP contribution in [0.2, 0.25) is 0 Å². The van der Waals surface area contributed by atoms with Crippen molar-refractivity contribution in [1.82, 2.24) is 9.97 Å². The Morgan fingerprint density at radius 2 is 2.15 bits per heavy atom. The van der Waals surface area contributed by atoms with Crippen molar-refractivity contribution in [3.05, 3.63) is 46.6 Å². The van der Waals surface area contributed by atoms with Gasteiger partial charge in [0.1, 0.15) is 5.75 Å². The third kappa shape index (κ3) is 3.57. The summed E-state index contributed by atoms with van der Waals surface area (Å²) in [7, 11) is 0. The van der Waals surface area contributed by atoms with Crippen LogP contribution in [0.5, 0.6) is 11.6 Å². The number of anilines is 1. The Labute approximate surface area is 127 Å². The molecule has 0 atom stereocenters. The molecular weight excluding hydrogens is 318 g/mol. The van der Waals surface area contributed by atoms with Gasteiger partial charge < -0.3 is 10.1 Å². The molecule has 0 saturated carbocycles. The second-order valence-electron chi connectivity index (χ2n) is 4.02. The number of benzene rings is 1. The first-order valence-corrected chi connectivity index (χ1v) is 7.20. The SMILES string of the molecule is C/C=C/c1ccccc1Oc1nc(NCC)ncc1Br. The van der Waals surface area contributed by atoms with E-state index >= 15 is 0 Å². The van der Waals surface area contributed by atoms with E-state index in [0.29, 0.717) is 11.8 Å². The number of ether oxygens (including phenoxy) is 1. The van der Waals surface area contributed by atoms with Crippen molar-refractivity contribution in [2.45, 2.75) is 13.8 Å². The molecule has 1 aromatic carbocycles. The average Bonchev–Trinajstić information content (AvgIpc) is 2.45. The van der Waals surface area contributed by atoms with Crippen LogP contribution in [0.1, 0.15) is 19.4 Å². The van der Waals surface area contributed by atoms with Crippen LogP contribution in [0.3, 0.4) is 0 Å². The summed E-state index contributed by atoms with van der Waals surface area (Å²) in [6.45, 7) is 4.73. The van der Waals surface area contributed by atoms with Crippen LogP contribution in [-0.4, -0.2) is 16.5 Å². The Morgan fingerprint density at radius 3 is 2.90 bits per heavy atom. The van der Waals surface area contributed by atoms with Crippen molar-refractivity contribution in [3.8, 4) is 11.6 Å². The zero-order chi connectivity index (χ0) is 14.4. The number of allylic oxidation sites excluding steroid dienone is 1. The number of rotatable bonds is 5. The van der Waals surface area contributed by atoms with E-state index in [1.807, 2.05) is 50.3 Å². The molecule has 0 spiro atoms. The zero-order valence-corrected chi connectivity index (χ0v) is 13.0. The second kappa shape index (κ2) is 7.05. The highest BCUT2D eigenvalue weighted by Gasteiger charge is 2.09. The van der Waals surface area contributed by atoms with Crippen LogP contribution in [0, 0.1) is 0 Å². The molecule has 0 unspecified atom stereocenters. The van der Waals surface area contributed by atoms with Crippen LogP contribution >= 0.6 is 15.9 Å². The number of nitrogens with zero attached hydrogens (tertiary/aromatic N) is 2. The zero-order valence-electron chi connectivity index (χ0n) is 11.4. The smallest absolute Gasteiger partial charge is 0.238 e. The molecule has 0 fully saturated rings. The molecule has 1 N–H and O–H groups in total. The molecule has 0 aliphatic rings. The van der Waals surface area contributed by atoms with Crippen LogP contribution in [-0.2, 0) is 0 Å². The van der Waals surface area contributed by atoms with Crippen molar-refractivity contribution < 1.29 is 4.74 Å². The molecule has 1 heterocycles. The molecule has 2 aromatic rings. The van der Waals surface area contributed by atoms with E-state index < -0.39 is 0 Å². The highest BCUT2D eigenvalue weighted by molar-refractivity contribution is 9.10. The standard InChI is InChI=1S/C15H16BrN3O/c1-3-7-11-8-5-6-9-13(11)20-14-12(16)10-18-15(19-14)17-4-2/h3,5-10H,4H2,1-2H3,(H,17,18,19)/b7-3+. The highest BCUT2D eigenvalue weighted by Crippen LogP contribution is 2.30. The maximum Gasteiger partial charge on any atom is 0.238 e. The Balaban J connectivity index is 2.32. The minimum Gasteiger partial charge on any atom is -0.437 e. The van der Waals surface area contributed by atoms with E-state index in [1.165, 1.54) is 0 Å². The third-order valence-electron chi connectivity index (χ3n) is 2.52. The predicted molar refractivity (Wildman–Crippen MR) is 85.1 cm³/mol. The lowest BCUT2D eigenvalue weighted by atomic mass is 10.2. The molecule has 0 aliphatic heterocycles. The number of hydrogen-bond acceptors (Lipinski definition) is 4. The van der Waals surface area contributed by atoms with Crippen LogP contribution in [0.25, 0.3) is 6.08 Å².